The monoisotopic (exact) mass is 205 g/mol. The fourth-order valence-electron chi connectivity index (χ4n) is 0.525. The second-order valence-electron chi connectivity index (χ2n) is 1.67. The standard InChI is InChI=1S/C6H5BrClN/c7-3-5-1-2-6(8)9-4-5/h2-4H,1H2. The normalized spacial score (nSPS) is 22.4. The average molecular weight is 206 g/mol. The van der Waals surface area contributed by atoms with Gasteiger partial charge in [-0.1, -0.05) is 27.5 Å². The first-order valence-electron chi connectivity index (χ1n) is 2.52. The minimum absolute atomic E-state index is 0.577. The number of allylic oxidation sites excluding steroid dienone is 2. The summed E-state index contributed by atoms with van der Waals surface area (Å²) >= 11 is 8.76. The number of halogens is 2. The molecule has 0 atom stereocenters. The number of hydrogen-bond donors (Lipinski definition) is 0. The van der Waals surface area contributed by atoms with Crippen molar-refractivity contribution in [2.45, 2.75) is 6.42 Å². The van der Waals surface area contributed by atoms with Crippen LogP contribution in [0.4, 0.5) is 0 Å². The summed E-state index contributed by atoms with van der Waals surface area (Å²) in [6, 6.07) is 0. The molecule has 3 heteroatoms. The van der Waals surface area contributed by atoms with Gasteiger partial charge in [-0.15, -0.1) is 0 Å². The van der Waals surface area contributed by atoms with Gasteiger partial charge in [0.25, 0.3) is 0 Å². The van der Waals surface area contributed by atoms with Crippen LogP contribution in [0.25, 0.3) is 0 Å². The number of nitrogens with zero attached hydrogens (tertiary/aromatic N) is 1. The summed E-state index contributed by atoms with van der Waals surface area (Å²) in [6.45, 7) is 0. The van der Waals surface area contributed by atoms with Gasteiger partial charge >= 0.3 is 0 Å². The Morgan fingerprint density at radius 2 is 2.56 bits per heavy atom. The van der Waals surface area contributed by atoms with Gasteiger partial charge in [0.1, 0.15) is 5.16 Å². The number of aliphatic imine (C=N–C) groups is 1. The molecule has 0 unspecified atom stereocenters. The van der Waals surface area contributed by atoms with Crippen LogP contribution < -0.4 is 0 Å². The van der Waals surface area contributed by atoms with Crippen LogP contribution in [0.2, 0.25) is 0 Å². The zero-order chi connectivity index (χ0) is 6.69. The molecular weight excluding hydrogens is 201 g/mol. The molecule has 0 aromatic rings. The highest BCUT2D eigenvalue weighted by atomic mass is 79.9. The van der Waals surface area contributed by atoms with Crippen LogP contribution in [0.1, 0.15) is 6.42 Å². The highest BCUT2D eigenvalue weighted by molar-refractivity contribution is 9.11. The largest absolute Gasteiger partial charge is 0.245 e. The molecule has 0 radical (unpaired) electrons. The maximum atomic E-state index is 5.56. The minimum atomic E-state index is 0.577. The molecule has 1 heterocycles. The van der Waals surface area contributed by atoms with Crippen LogP contribution in [0.3, 0.4) is 0 Å². The summed E-state index contributed by atoms with van der Waals surface area (Å²) in [6.07, 6.45) is 4.49. The highest BCUT2D eigenvalue weighted by Gasteiger charge is 1.97. The molecule has 0 saturated heterocycles. The zero-order valence-corrected chi connectivity index (χ0v) is 6.98. The van der Waals surface area contributed by atoms with Gasteiger partial charge in [0.15, 0.2) is 0 Å². The van der Waals surface area contributed by atoms with Gasteiger partial charge in [-0.05, 0) is 23.1 Å². The first kappa shape index (κ1) is 7.03. The van der Waals surface area contributed by atoms with Crippen molar-refractivity contribution in [1.29, 1.82) is 0 Å². The van der Waals surface area contributed by atoms with E-state index in [-0.39, 0.29) is 0 Å². The Balaban J connectivity index is 2.70. The Kier molecular flexibility index (Phi) is 2.49. The van der Waals surface area contributed by atoms with Crippen molar-refractivity contribution in [2.75, 3.05) is 0 Å². The minimum Gasteiger partial charge on any atom is -0.245 e. The first-order chi connectivity index (χ1) is 4.33. The highest BCUT2D eigenvalue weighted by Crippen LogP contribution is 2.14. The Labute approximate surface area is 67.2 Å². The second kappa shape index (κ2) is 3.18. The Hall–Kier alpha value is -0.0800. The van der Waals surface area contributed by atoms with Crippen molar-refractivity contribution in [3.05, 3.63) is 21.8 Å². The van der Waals surface area contributed by atoms with Crippen molar-refractivity contribution in [3.63, 3.8) is 0 Å². The summed E-state index contributed by atoms with van der Waals surface area (Å²) in [5, 5.41) is 0.577. The predicted octanol–water partition coefficient (Wildman–Crippen LogP) is 2.82. The van der Waals surface area contributed by atoms with Gasteiger partial charge in [0.2, 0.25) is 0 Å². The van der Waals surface area contributed by atoms with E-state index in [2.05, 4.69) is 20.9 Å². The van der Waals surface area contributed by atoms with Crippen molar-refractivity contribution in [1.82, 2.24) is 0 Å². The van der Waals surface area contributed by atoms with E-state index in [0.717, 1.165) is 12.0 Å². The lowest BCUT2D eigenvalue weighted by molar-refractivity contribution is 1.26. The summed E-state index contributed by atoms with van der Waals surface area (Å²) < 4.78 is 0. The molecule has 0 fully saturated rings. The van der Waals surface area contributed by atoms with Crippen molar-refractivity contribution in [3.8, 4) is 0 Å². The lowest BCUT2D eigenvalue weighted by atomic mass is 10.2. The number of hydrogen-bond acceptors (Lipinski definition) is 1. The molecular formula is C6H5BrClN. The fourth-order valence-corrected chi connectivity index (χ4v) is 0.956. The maximum Gasteiger partial charge on any atom is 0.125 e. The summed E-state index contributed by atoms with van der Waals surface area (Å²) in [5.41, 5.74) is 1.14. The van der Waals surface area contributed by atoms with E-state index in [1.165, 1.54) is 0 Å². The fraction of sp³-hybridized carbons (Fsp3) is 0.167. The van der Waals surface area contributed by atoms with Gasteiger partial charge in [0, 0.05) is 6.21 Å². The summed E-state index contributed by atoms with van der Waals surface area (Å²) in [7, 11) is 0. The molecule has 48 valence electrons. The van der Waals surface area contributed by atoms with Crippen LogP contribution in [0, 0.1) is 0 Å². The van der Waals surface area contributed by atoms with Crippen molar-refractivity contribution < 1.29 is 0 Å². The van der Waals surface area contributed by atoms with Gasteiger partial charge < -0.3 is 0 Å². The third-order valence-electron chi connectivity index (χ3n) is 1.00. The van der Waals surface area contributed by atoms with E-state index < -0.39 is 0 Å². The molecule has 0 bridgehead atoms. The van der Waals surface area contributed by atoms with E-state index in [9.17, 15) is 0 Å². The van der Waals surface area contributed by atoms with E-state index in [1.807, 2.05) is 11.1 Å². The smallest absolute Gasteiger partial charge is 0.125 e. The molecule has 0 aliphatic carbocycles. The van der Waals surface area contributed by atoms with Crippen LogP contribution >= 0.6 is 27.5 Å². The second-order valence-corrected chi connectivity index (χ2v) is 2.52. The predicted molar refractivity (Wildman–Crippen MR) is 44.1 cm³/mol. The molecule has 0 N–H and O–H groups in total. The molecule has 0 spiro atoms. The van der Waals surface area contributed by atoms with Gasteiger partial charge in [-0.2, -0.15) is 0 Å². The van der Waals surface area contributed by atoms with Crippen LogP contribution in [0.5, 0.6) is 0 Å². The molecule has 1 rings (SSSR count). The Bertz CT molecular complexity index is 193. The maximum absolute atomic E-state index is 5.56. The topological polar surface area (TPSA) is 12.4 Å². The molecule has 0 amide bonds. The van der Waals surface area contributed by atoms with E-state index >= 15 is 0 Å². The third-order valence-corrected chi connectivity index (χ3v) is 1.84. The molecule has 1 aliphatic heterocycles. The lowest BCUT2D eigenvalue weighted by Gasteiger charge is -1.99. The molecule has 0 aromatic carbocycles. The average Bonchev–Trinajstić information content (AvgIpc) is 1.90. The molecule has 1 nitrogen and oxygen atoms in total. The van der Waals surface area contributed by atoms with Gasteiger partial charge in [-0.3, -0.25) is 0 Å². The molecule has 1 aliphatic rings. The lowest BCUT2D eigenvalue weighted by Crippen LogP contribution is -1.87. The Morgan fingerprint density at radius 1 is 1.78 bits per heavy atom. The molecule has 0 saturated carbocycles. The van der Waals surface area contributed by atoms with E-state index in [4.69, 9.17) is 11.6 Å². The number of rotatable bonds is 0. The SMILES string of the molecule is ClC1=CCC(=CBr)C=N1. The van der Waals surface area contributed by atoms with Crippen molar-refractivity contribution in [2.24, 2.45) is 4.99 Å². The molecule has 0 aromatic heterocycles. The Morgan fingerprint density at radius 3 is 3.00 bits per heavy atom. The van der Waals surface area contributed by atoms with Crippen LogP contribution in [0.15, 0.2) is 26.8 Å². The van der Waals surface area contributed by atoms with Gasteiger partial charge in [0.05, 0.1) is 0 Å². The van der Waals surface area contributed by atoms with Crippen LogP contribution in [-0.2, 0) is 0 Å². The first-order valence-corrected chi connectivity index (χ1v) is 3.81. The van der Waals surface area contributed by atoms with Gasteiger partial charge in [-0.25, -0.2) is 4.99 Å². The summed E-state index contributed by atoms with van der Waals surface area (Å²) in [4.78, 5) is 5.73. The third kappa shape index (κ3) is 1.95. The van der Waals surface area contributed by atoms with Crippen molar-refractivity contribution >= 4 is 33.7 Å². The summed E-state index contributed by atoms with van der Waals surface area (Å²) in [5.74, 6) is 0. The van der Waals surface area contributed by atoms with Crippen LogP contribution in [-0.4, -0.2) is 6.21 Å². The van der Waals surface area contributed by atoms with E-state index in [1.54, 1.807) is 6.21 Å². The quantitative estimate of drug-likeness (QED) is 0.541. The zero-order valence-electron chi connectivity index (χ0n) is 4.64. The molecule has 9 heavy (non-hydrogen) atoms. The van der Waals surface area contributed by atoms with E-state index in [0.29, 0.717) is 5.16 Å².